The molecule has 0 saturated heterocycles. The van der Waals surface area contributed by atoms with E-state index in [0.717, 1.165) is 22.3 Å². The highest BCUT2D eigenvalue weighted by Crippen LogP contribution is 2.39. The average Bonchev–Trinajstić information content (AvgIpc) is 3.32. The molecule has 0 radical (unpaired) electrons. The minimum Gasteiger partial charge on any atom is -0.493 e. The van der Waals surface area contributed by atoms with Crippen molar-refractivity contribution in [1.82, 2.24) is 9.47 Å². The van der Waals surface area contributed by atoms with Gasteiger partial charge in [0, 0.05) is 48.9 Å². The van der Waals surface area contributed by atoms with Crippen molar-refractivity contribution in [2.45, 2.75) is 6.04 Å². The van der Waals surface area contributed by atoms with E-state index in [-0.39, 0.29) is 5.78 Å². The first-order valence-electron chi connectivity index (χ1n) is 9.66. The molecule has 0 amide bonds. The maximum Gasteiger partial charge on any atom is 0.203 e. The van der Waals surface area contributed by atoms with Crippen molar-refractivity contribution in [1.29, 1.82) is 0 Å². The molecular weight excluding hydrogens is 382 g/mol. The van der Waals surface area contributed by atoms with Crippen LogP contribution >= 0.6 is 0 Å². The van der Waals surface area contributed by atoms with Gasteiger partial charge in [0.1, 0.15) is 11.9 Å². The highest BCUT2D eigenvalue weighted by Gasteiger charge is 2.32. The third kappa shape index (κ3) is 3.16. The molecule has 1 aromatic heterocycles. The highest BCUT2D eigenvalue weighted by molar-refractivity contribution is 6.13. The zero-order chi connectivity index (χ0) is 21.4. The number of carbonyl (C=O) groups is 1. The summed E-state index contributed by atoms with van der Waals surface area (Å²) in [6.45, 7) is 0.508. The molecule has 0 aliphatic carbocycles. The molecule has 3 aromatic rings. The molecule has 1 aliphatic rings. The Labute approximate surface area is 175 Å². The lowest BCUT2D eigenvalue weighted by molar-refractivity contribution is 0.0960. The van der Waals surface area contributed by atoms with Crippen molar-refractivity contribution < 1.29 is 19.0 Å². The van der Waals surface area contributed by atoms with Crippen molar-refractivity contribution in [2.24, 2.45) is 12.0 Å². The predicted molar refractivity (Wildman–Crippen MR) is 116 cm³/mol. The normalized spacial score (nSPS) is 16.0. The average molecular weight is 407 g/mol. The molecule has 1 atom stereocenters. The zero-order valence-electron chi connectivity index (χ0n) is 17.8. The summed E-state index contributed by atoms with van der Waals surface area (Å²) in [6, 6.07) is 11.0. The number of ether oxygens (including phenoxy) is 3. The van der Waals surface area contributed by atoms with Gasteiger partial charge >= 0.3 is 0 Å². The lowest BCUT2D eigenvalue weighted by Gasteiger charge is -2.15. The summed E-state index contributed by atoms with van der Waals surface area (Å²) >= 11 is 0. The van der Waals surface area contributed by atoms with E-state index in [0.29, 0.717) is 29.4 Å². The van der Waals surface area contributed by atoms with E-state index in [1.165, 1.54) is 21.3 Å². The van der Waals surface area contributed by atoms with Crippen LogP contribution in [0, 0.1) is 0 Å². The van der Waals surface area contributed by atoms with Crippen LogP contribution in [-0.2, 0) is 7.05 Å². The van der Waals surface area contributed by atoms with Gasteiger partial charge in [-0.15, -0.1) is 0 Å². The summed E-state index contributed by atoms with van der Waals surface area (Å²) in [7, 11) is 8.58. The molecule has 30 heavy (non-hydrogen) atoms. The molecule has 156 valence electrons. The van der Waals surface area contributed by atoms with Crippen LogP contribution in [0.1, 0.15) is 15.9 Å². The Hall–Kier alpha value is -3.48. The number of hydrogen-bond donors (Lipinski definition) is 0. The molecule has 0 saturated carbocycles. The van der Waals surface area contributed by atoms with Gasteiger partial charge in [-0.2, -0.15) is 0 Å². The molecule has 0 fully saturated rings. The summed E-state index contributed by atoms with van der Waals surface area (Å²) < 4.78 is 18.2. The van der Waals surface area contributed by atoms with Crippen molar-refractivity contribution in [3.8, 4) is 17.2 Å². The van der Waals surface area contributed by atoms with Crippen molar-refractivity contribution >= 4 is 22.5 Å². The zero-order valence-corrected chi connectivity index (χ0v) is 17.8. The number of carbonyl (C=O) groups excluding carboxylic acids is 1. The topological polar surface area (TPSA) is 65.3 Å². The Morgan fingerprint density at radius 1 is 1.03 bits per heavy atom. The third-order valence-electron chi connectivity index (χ3n) is 5.48. The van der Waals surface area contributed by atoms with Crippen LogP contribution in [0.2, 0.25) is 0 Å². The van der Waals surface area contributed by atoms with Crippen LogP contribution in [0.3, 0.4) is 0 Å². The predicted octanol–water partition coefficient (Wildman–Crippen LogP) is 3.15. The first-order chi connectivity index (χ1) is 14.5. The Kier molecular flexibility index (Phi) is 5.11. The van der Waals surface area contributed by atoms with Crippen LogP contribution in [0.15, 0.2) is 47.6 Å². The lowest BCUT2D eigenvalue weighted by Crippen LogP contribution is -2.28. The van der Waals surface area contributed by atoms with E-state index in [1.54, 1.807) is 12.1 Å². The molecular formula is C23H25N3O4. The van der Waals surface area contributed by atoms with E-state index < -0.39 is 6.04 Å². The number of likely N-dealkylation sites (N-methyl/N-ethyl adjacent to an activating group) is 1. The second-order valence-electron chi connectivity index (χ2n) is 7.30. The molecule has 1 unspecified atom stereocenters. The largest absolute Gasteiger partial charge is 0.493 e. The number of aryl methyl sites for hydroxylation is 1. The van der Waals surface area contributed by atoms with E-state index in [2.05, 4.69) is 22.9 Å². The van der Waals surface area contributed by atoms with Gasteiger partial charge in [-0.3, -0.25) is 9.79 Å². The van der Waals surface area contributed by atoms with Crippen molar-refractivity contribution in [3.63, 3.8) is 0 Å². The first kappa shape index (κ1) is 19.8. The molecule has 4 rings (SSSR count). The van der Waals surface area contributed by atoms with Gasteiger partial charge in [0.2, 0.25) is 5.75 Å². The summed E-state index contributed by atoms with van der Waals surface area (Å²) in [5, 5.41) is 1.12. The Balaban J connectivity index is 1.72. The quantitative estimate of drug-likeness (QED) is 0.588. The Morgan fingerprint density at radius 3 is 2.33 bits per heavy atom. The van der Waals surface area contributed by atoms with E-state index in [4.69, 9.17) is 19.2 Å². The summed E-state index contributed by atoms with van der Waals surface area (Å²) in [5.41, 5.74) is 2.63. The number of amidine groups is 1. The Morgan fingerprint density at radius 2 is 1.70 bits per heavy atom. The molecule has 0 N–H and O–H groups in total. The van der Waals surface area contributed by atoms with Crippen molar-refractivity contribution in [3.05, 3.63) is 53.7 Å². The first-order valence-corrected chi connectivity index (χ1v) is 9.66. The van der Waals surface area contributed by atoms with Gasteiger partial charge in [-0.05, 0) is 18.2 Å². The molecule has 7 heteroatoms. The molecule has 7 nitrogen and oxygen atoms in total. The fourth-order valence-electron chi connectivity index (χ4n) is 3.99. The van der Waals surface area contributed by atoms with Gasteiger partial charge in [0.25, 0.3) is 0 Å². The number of para-hydroxylation sites is 1. The monoisotopic (exact) mass is 407 g/mol. The number of fused-ring (bicyclic) bond motifs is 1. The number of hydrogen-bond acceptors (Lipinski definition) is 6. The second-order valence-corrected chi connectivity index (χ2v) is 7.30. The van der Waals surface area contributed by atoms with Crippen LogP contribution < -0.4 is 14.2 Å². The van der Waals surface area contributed by atoms with Crippen LogP contribution in [0.5, 0.6) is 17.2 Å². The van der Waals surface area contributed by atoms with E-state index >= 15 is 0 Å². The molecule has 2 aromatic carbocycles. The van der Waals surface area contributed by atoms with Gasteiger partial charge in [0.15, 0.2) is 17.3 Å². The minimum atomic E-state index is -0.508. The smallest absolute Gasteiger partial charge is 0.203 e. The summed E-state index contributed by atoms with van der Waals surface area (Å²) in [5.74, 6) is 2.09. The number of methoxy groups -OCH3 is 3. The van der Waals surface area contributed by atoms with Crippen LogP contribution in [0.25, 0.3) is 10.9 Å². The van der Waals surface area contributed by atoms with Gasteiger partial charge < -0.3 is 23.7 Å². The highest BCUT2D eigenvalue weighted by atomic mass is 16.5. The second kappa shape index (κ2) is 7.74. The fraction of sp³-hybridized carbons (Fsp3) is 0.304. The van der Waals surface area contributed by atoms with Gasteiger partial charge in [-0.25, -0.2) is 0 Å². The number of aliphatic imine (C=N–C) groups is 1. The number of Topliss-reactive ketones (excluding diaryl/α,β-unsaturated/α-hetero) is 1. The summed E-state index contributed by atoms with van der Waals surface area (Å²) in [4.78, 5) is 20.1. The maximum absolute atomic E-state index is 13.3. The van der Waals surface area contributed by atoms with Crippen molar-refractivity contribution in [2.75, 3.05) is 34.9 Å². The van der Waals surface area contributed by atoms with Crippen LogP contribution in [0.4, 0.5) is 0 Å². The lowest BCUT2D eigenvalue weighted by atomic mass is 10.0. The molecule has 0 bridgehead atoms. The Bertz CT molecular complexity index is 1120. The van der Waals surface area contributed by atoms with Gasteiger partial charge in [0.05, 0.1) is 21.3 Å². The maximum atomic E-state index is 13.3. The summed E-state index contributed by atoms with van der Waals surface area (Å²) in [6.07, 6.45) is 2.06. The minimum absolute atomic E-state index is 0.0867. The molecule has 2 heterocycles. The number of nitrogens with zero attached hydrogens (tertiary/aromatic N) is 3. The van der Waals surface area contributed by atoms with Gasteiger partial charge in [-0.1, -0.05) is 18.2 Å². The fourth-order valence-corrected chi connectivity index (χ4v) is 3.99. The molecule has 1 aliphatic heterocycles. The third-order valence-corrected chi connectivity index (χ3v) is 5.48. The van der Waals surface area contributed by atoms with Crippen LogP contribution in [-0.4, -0.2) is 62.0 Å². The SMILES string of the molecule is COc1cc(C(=O)C2CN(C)C(c3cn(C)c4ccccc34)=N2)cc(OC)c1OC. The number of rotatable bonds is 6. The number of benzene rings is 2. The molecule has 0 spiro atoms. The van der Waals surface area contributed by atoms with E-state index in [9.17, 15) is 4.79 Å². The van der Waals surface area contributed by atoms with E-state index in [1.807, 2.05) is 31.1 Å². The standard InChI is InChI=1S/C23H25N3O4/c1-25-12-16(15-8-6-7-9-18(15)25)23-24-17(13-26(23)2)21(27)14-10-19(28-3)22(30-5)20(11-14)29-4/h6-12,17H,13H2,1-5H3. The number of ketones is 1. The number of aromatic nitrogens is 1.